The van der Waals surface area contributed by atoms with Crippen LogP contribution >= 0.6 is 11.3 Å². The van der Waals surface area contributed by atoms with Crippen LogP contribution in [0.15, 0.2) is 54.3 Å². The number of fused-ring (bicyclic) bond motifs is 2. The fourth-order valence-corrected chi connectivity index (χ4v) is 7.35. The van der Waals surface area contributed by atoms with Gasteiger partial charge in [-0.2, -0.15) is 0 Å². The molecule has 6 rings (SSSR count). The fourth-order valence-electron chi connectivity index (χ4n) is 6.50. The normalized spacial score (nSPS) is 19.4. The Morgan fingerprint density at radius 2 is 1.88 bits per heavy atom. The lowest BCUT2D eigenvalue weighted by Crippen LogP contribution is -2.44. The van der Waals surface area contributed by atoms with Gasteiger partial charge in [0.05, 0.1) is 30.2 Å². The number of hydrogen-bond donors (Lipinski definition) is 1. The lowest BCUT2D eigenvalue weighted by atomic mass is 9.85. The second-order valence-electron chi connectivity index (χ2n) is 12.0. The highest BCUT2D eigenvalue weighted by Gasteiger charge is 2.46. The molecule has 224 valence electrons. The van der Waals surface area contributed by atoms with Gasteiger partial charge in [0.1, 0.15) is 12.4 Å². The van der Waals surface area contributed by atoms with Gasteiger partial charge in [-0.25, -0.2) is 9.97 Å². The molecule has 2 unspecified atom stereocenters. The Morgan fingerprint density at radius 1 is 1.12 bits per heavy atom. The van der Waals surface area contributed by atoms with E-state index in [1.54, 1.807) is 35.8 Å². The van der Waals surface area contributed by atoms with Crippen LogP contribution in [0, 0.1) is 31.6 Å². The van der Waals surface area contributed by atoms with Gasteiger partial charge in [0, 0.05) is 49.9 Å². The first kappa shape index (κ1) is 28.9. The Labute approximate surface area is 255 Å². The zero-order valence-corrected chi connectivity index (χ0v) is 25.8. The molecule has 1 aliphatic heterocycles. The summed E-state index contributed by atoms with van der Waals surface area (Å²) in [7, 11) is 3.72. The molecule has 0 radical (unpaired) electrons. The maximum atomic E-state index is 13.1. The summed E-state index contributed by atoms with van der Waals surface area (Å²) in [6.45, 7) is 6.39. The predicted octanol–water partition coefficient (Wildman–Crippen LogP) is 5.56. The zero-order chi connectivity index (χ0) is 30.2. The molecule has 1 N–H and O–H groups in total. The molecule has 2 aromatic carbocycles. The number of nitrogens with zero attached hydrogens (tertiary/aromatic N) is 5. The Morgan fingerprint density at radius 3 is 2.56 bits per heavy atom. The minimum atomic E-state index is -0.655. The van der Waals surface area contributed by atoms with Crippen LogP contribution in [0.3, 0.4) is 0 Å². The van der Waals surface area contributed by atoms with Crippen LogP contribution in [0.25, 0.3) is 11.3 Å². The molecular formula is C33H37N5O4S. The summed E-state index contributed by atoms with van der Waals surface area (Å²) in [5.74, 6) is 0.203. The van der Waals surface area contributed by atoms with Crippen LogP contribution in [0.5, 0.6) is 5.75 Å². The van der Waals surface area contributed by atoms with E-state index in [2.05, 4.69) is 28.3 Å². The molecule has 1 saturated carbocycles. The third-order valence-electron chi connectivity index (χ3n) is 8.93. The number of anilines is 1. The van der Waals surface area contributed by atoms with Gasteiger partial charge < -0.3 is 24.2 Å². The van der Waals surface area contributed by atoms with E-state index in [-0.39, 0.29) is 23.7 Å². The van der Waals surface area contributed by atoms with Gasteiger partial charge in [0.15, 0.2) is 5.13 Å². The van der Waals surface area contributed by atoms with Crippen LogP contribution < -0.4 is 9.64 Å². The number of carboxylic acids is 1. The molecule has 1 saturated heterocycles. The van der Waals surface area contributed by atoms with E-state index in [1.807, 2.05) is 48.9 Å². The first-order valence-corrected chi connectivity index (χ1v) is 15.5. The van der Waals surface area contributed by atoms with E-state index in [0.717, 1.165) is 70.5 Å². The van der Waals surface area contributed by atoms with Crippen LogP contribution in [0.1, 0.15) is 45.6 Å². The number of thiazole rings is 1. The van der Waals surface area contributed by atoms with Gasteiger partial charge in [-0.15, -0.1) is 11.3 Å². The monoisotopic (exact) mass is 599 g/mol. The van der Waals surface area contributed by atoms with Crippen molar-refractivity contribution in [1.29, 1.82) is 0 Å². The number of hydrogen-bond acceptors (Lipinski definition) is 7. The molecule has 1 aliphatic carbocycles. The van der Waals surface area contributed by atoms with E-state index >= 15 is 0 Å². The van der Waals surface area contributed by atoms with E-state index in [9.17, 15) is 14.7 Å². The molecule has 2 bridgehead atoms. The van der Waals surface area contributed by atoms with Crippen molar-refractivity contribution in [3.05, 3.63) is 82.3 Å². The summed E-state index contributed by atoms with van der Waals surface area (Å²) in [4.78, 5) is 38.0. The van der Waals surface area contributed by atoms with Crippen molar-refractivity contribution < 1.29 is 19.4 Å². The summed E-state index contributed by atoms with van der Waals surface area (Å²) in [6, 6.07) is 11.9. The minimum Gasteiger partial charge on any atom is -0.488 e. The highest BCUT2D eigenvalue weighted by atomic mass is 32.1. The second kappa shape index (κ2) is 11.8. The van der Waals surface area contributed by atoms with Crippen molar-refractivity contribution in [2.45, 2.75) is 39.8 Å². The van der Waals surface area contributed by atoms with Gasteiger partial charge in [-0.05, 0) is 73.9 Å². The second-order valence-corrected chi connectivity index (χ2v) is 12.8. The average Bonchev–Trinajstić information content (AvgIpc) is 3.70. The maximum absolute atomic E-state index is 13.1. The number of carboxylic acid groups (broad SMARTS) is 1. The lowest BCUT2D eigenvalue weighted by molar-refractivity contribution is -0.144. The first-order valence-electron chi connectivity index (χ1n) is 14.6. The average molecular weight is 600 g/mol. The van der Waals surface area contributed by atoms with Crippen molar-refractivity contribution in [1.82, 2.24) is 19.4 Å². The van der Waals surface area contributed by atoms with Gasteiger partial charge in [0.2, 0.25) is 0 Å². The molecule has 2 fully saturated rings. The highest BCUT2D eigenvalue weighted by Crippen LogP contribution is 2.44. The van der Waals surface area contributed by atoms with Crippen LogP contribution in [0.2, 0.25) is 0 Å². The van der Waals surface area contributed by atoms with Crippen molar-refractivity contribution in [3.63, 3.8) is 0 Å². The third-order valence-corrected chi connectivity index (χ3v) is 9.83. The largest absolute Gasteiger partial charge is 0.488 e. The molecule has 2 aliphatic rings. The maximum Gasteiger partial charge on any atom is 0.307 e. The summed E-state index contributed by atoms with van der Waals surface area (Å²) in [5.41, 5.74) is 6.52. The lowest BCUT2D eigenvalue weighted by Gasteiger charge is -2.35. The number of imidazole rings is 1. The number of rotatable bonds is 9. The fraction of sp³-hybridized carbons (Fsp3) is 0.394. The molecule has 3 heterocycles. The number of ether oxygens (including phenoxy) is 1. The number of aromatic nitrogens is 3. The standard InChI is InChI=1S/C33H37N5O4S/c1-20-5-10-29(27(11-20)28-18-43-33(35-28)38-14-23-7-8-24(15-38)30(23)32(40)41)42-17-25-9-6-22(12-21(25)2)31(39)36(3)16-26-13-34-19-37(26)4/h5-6,9-13,18-19,23-24,30H,7-8,14-17H2,1-4H3,(H,40,41). The molecule has 2 atom stereocenters. The molecule has 1 amide bonds. The third kappa shape index (κ3) is 5.88. The highest BCUT2D eigenvalue weighted by molar-refractivity contribution is 7.14. The van der Waals surface area contributed by atoms with Crippen molar-refractivity contribution in [3.8, 4) is 17.0 Å². The number of piperidine rings is 1. The van der Waals surface area contributed by atoms with Crippen molar-refractivity contribution in [2.75, 3.05) is 25.0 Å². The van der Waals surface area contributed by atoms with E-state index in [0.29, 0.717) is 18.7 Å². The van der Waals surface area contributed by atoms with Crippen LogP contribution in [0.4, 0.5) is 5.13 Å². The van der Waals surface area contributed by atoms with Gasteiger partial charge in [-0.1, -0.05) is 17.7 Å². The summed E-state index contributed by atoms with van der Waals surface area (Å²) in [6.07, 6.45) is 5.45. The topological polar surface area (TPSA) is 101 Å². The van der Waals surface area contributed by atoms with Gasteiger partial charge >= 0.3 is 5.97 Å². The molecule has 0 spiro atoms. The molecule has 2 aromatic heterocycles. The SMILES string of the molecule is Cc1ccc(OCc2ccc(C(=O)N(C)Cc3cncn3C)cc2C)c(-c2csc(N3CC4CCC(C3)C4C(=O)O)n2)c1. The number of carbonyl (C=O) groups is 2. The number of benzene rings is 2. The minimum absolute atomic E-state index is 0.0443. The number of carbonyl (C=O) groups excluding carboxylic acids is 1. The molecule has 43 heavy (non-hydrogen) atoms. The van der Waals surface area contributed by atoms with E-state index in [4.69, 9.17) is 9.72 Å². The Bertz CT molecular complexity index is 1650. The van der Waals surface area contributed by atoms with Crippen molar-refractivity contribution in [2.24, 2.45) is 24.8 Å². The van der Waals surface area contributed by atoms with E-state index < -0.39 is 5.97 Å². The molecular weight excluding hydrogens is 562 g/mol. The van der Waals surface area contributed by atoms with Crippen molar-refractivity contribution >= 4 is 28.3 Å². The van der Waals surface area contributed by atoms with Crippen LogP contribution in [-0.2, 0) is 25.0 Å². The quantitative estimate of drug-likeness (QED) is 0.269. The van der Waals surface area contributed by atoms with Gasteiger partial charge in [-0.3, -0.25) is 9.59 Å². The Kier molecular flexibility index (Phi) is 7.96. The predicted molar refractivity (Wildman–Crippen MR) is 166 cm³/mol. The first-order chi connectivity index (χ1) is 20.7. The Balaban J connectivity index is 1.14. The van der Waals surface area contributed by atoms with E-state index in [1.165, 1.54) is 0 Å². The smallest absolute Gasteiger partial charge is 0.307 e. The summed E-state index contributed by atoms with van der Waals surface area (Å²) in [5, 5.41) is 12.7. The number of aryl methyl sites for hydroxylation is 3. The summed E-state index contributed by atoms with van der Waals surface area (Å²) >= 11 is 1.60. The van der Waals surface area contributed by atoms with Crippen LogP contribution in [-0.4, -0.2) is 56.6 Å². The van der Waals surface area contributed by atoms with Gasteiger partial charge in [0.25, 0.3) is 5.91 Å². The number of amides is 1. The number of aliphatic carboxylic acids is 1. The molecule has 4 aromatic rings. The molecule has 9 nitrogen and oxygen atoms in total. The molecule has 10 heteroatoms. The zero-order valence-electron chi connectivity index (χ0n) is 25.0. The Hall–Kier alpha value is -4.18. The summed E-state index contributed by atoms with van der Waals surface area (Å²) < 4.78 is 8.28.